The number of aromatic nitrogens is 3. The van der Waals surface area contributed by atoms with E-state index in [4.69, 9.17) is 10.7 Å². The SMILES string of the molecule is NC(=NCC1CCN(c2ccncc2)CC1)N1CCN(c2ncccn2)CC1. The molecule has 4 rings (SSSR count). The molecule has 0 spiro atoms. The van der Waals surface area contributed by atoms with Gasteiger partial charge in [0.1, 0.15) is 0 Å². The highest BCUT2D eigenvalue weighted by molar-refractivity contribution is 5.78. The average molecular weight is 381 g/mol. The molecule has 2 fully saturated rings. The predicted molar refractivity (Wildman–Crippen MR) is 111 cm³/mol. The van der Waals surface area contributed by atoms with Crippen molar-refractivity contribution in [3.8, 4) is 0 Å². The van der Waals surface area contributed by atoms with Gasteiger partial charge in [-0.3, -0.25) is 9.98 Å². The van der Waals surface area contributed by atoms with Crippen molar-refractivity contribution in [2.75, 3.05) is 55.6 Å². The van der Waals surface area contributed by atoms with E-state index in [1.165, 1.54) is 5.69 Å². The number of nitrogens with two attached hydrogens (primary N) is 1. The van der Waals surface area contributed by atoms with Crippen LogP contribution in [-0.2, 0) is 0 Å². The molecule has 4 heterocycles. The second kappa shape index (κ2) is 8.86. The van der Waals surface area contributed by atoms with E-state index in [1.54, 1.807) is 12.4 Å². The third-order valence-electron chi connectivity index (χ3n) is 5.59. The maximum Gasteiger partial charge on any atom is 0.225 e. The minimum absolute atomic E-state index is 0.607. The van der Waals surface area contributed by atoms with Gasteiger partial charge in [0, 0.05) is 76.3 Å². The van der Waals surface area contributed by atoms with Crippen molar-refractivity contribution in [1.82, 2.24) is 19.9 Å². The molecule has 2 saturated heterocycles. The third kappa shape index (κ3) is 4.49. The molecule has 0 radical (unpaired) electrons. The molecule has 0 aromatic carbocycles. The normalized spacial score (nSPS) is 19.1. The first-order valence-corrected chi connectivity index (χ1v) is 10.0. The summed E-state index contributed by atoms with van der Waals surface area (Å²) in [7, 11) is 0. The molecule has 0 bridgehead atoms. The Morgan fingerprint density at radius 3 is 2.29 bits per heavy atom. The second-order valence-electron chi connectivity index (χ2n) is 7.36. The zero-order valence-electron chi connectivity index (χ0n) is 16.2. The Morgan fingerprint density at radius 1 is 0.929 bits per heavy atom. The van der Waals surface area contributed by atoms with Gasteiger partial charge >= 0.3 is 0 Å². The number of pyridine rings is 1. The highest BCUT2D eigenvalue weighted by Crippen LogP contribution is 2.23. The third-order valence-corrected chi connectivity index (χ3v) is 5.59. The first-order chi connectivity index (χ1) is 13.8. The molecule has 2 aromatic heterocycles. The topological polar surface area (TPSA) is 86.8 Å². The van der Waals surface area contributed by atoms with Gasteiger partial charge in [0.25, 0.3) is 0 Å². The Balaban J connectivity index is 1.22. The molecule has 2 aromatic rings. The summed E-state index contributed by atoms with van der Waals surface area (Å²) in [5, 5.41) is 0. The smallest absolute Gasteiger partial charge is 0.225 e. The number of nitrogens with zero attached hydrogens (tertiary/aromatic N) is 7. The van der Waals surface area contributed by atoms with Crippen LogP contribution in [0.1, 0.15) is 12.8 Å². The van der Waals surface area contributed by atoms with Crippen LogP contribution in [0.4, 0.5) is 11.6 Å². The summed E-state index contributed by atoms with van der Waals surface area (Å²) in [5.74, 6) is 2.07. The maximum atomic E-state index is 6.28. The summed E-state index contributed by atoms with van der Waals surface area (Å²) in [6.07, 6.45) is 9.58. The van der Waals surface area contributed by atoms with Gasteiger partial charge in [-0.25, -0.2) is 9.97 Å². The van der Waals surface area contributed by atoms with E-state index in [1.807, 2.05) is 18.5 Å². The standard InChI is InChI=1S/C20H28N8/c21-19(27-12-14-28(15-13-27)20-23-6-1-7-24-20)25-16-17-4-10-26(11-5-17)18-2-8-22-9-3-18/h1-3,6-9,17H,4-5,10-16H2,(H2,21,25). The van der Waals surface area contributed by atoms with Crippen LogP contribution in [0.15, 0.2) is 48.0 Å². The molecule has 2 aliphatic heterocycles. The second-order valence-corrected chi connectivity index (χ2v) is 7.36. The Morgan fingerprint density at radius 2 is 1.61 bits per heavy atom. The van der Waals surface area contributed by atoms with E-state index in [2.05, 4.69) is 41.8 Å². The number of hydrogen-bond acceptors (Lipinski definition) is 6. The van der Waals surface area contributed by atoms with Gasteiger partial charge < -0.3 is 20.4 Å². The van der Waals surface area contributed by atoms with Crippen LogP contribution in [0.3, 0.4) is 0 Å². The highest BCUT2D eigenvalue weighted by Gasteiger charge is 2.22. The van der Waals surface area contributed by atoms with Crippen molar-refractivity contribution in [3.63, 3.8) is 0 Å². The van der Waals surface area contributed by atoms with Crippen LogP contribution >= 0.6 is 0 Å². The number of piperidine rings is 1. The van der Waals surface area contributed by atoms with E-state index in [-0.39, 0.29) is 0 Å². The summed E-state index contributed by atoms with van der Waals surface area (Å²) in [6.45, 7) is 6.40. The summed E-state index contributed by atoms with van der Waals surface area (Å²) in [5.41, 5.74) is 7.54. The van der Waals surface area contributed by atoms with Crippen molar-refractivity contribution in [3.05, 3.63) is 43.0 Å². The fourth-order valence-electron chi connectivity index (χ4n) is 3.84. The Hall–Kier alpha value is -2.90. The van der Waals surface area contributed by atoms with E-state index >= 15 is 0 Å². The zero-order valence-corrected chi connectivity index (χ0v) is 16.2. The number of anilines is 2. The zero-order chi connectivity index (χ0) is 19.2. The highest BCUT2D eigenvalue weighted by atomic mass is 15.4. The lowest BCUT2D eigenvalue weighted by Crippen LogP contribution is -2.51. The number of aliphatic imine (C=N–C) groups is 1. The Labute approximate surface area is 166 Å². The number of hydrogen-bond donors (Lipinski definition) is 1. The molecule has 0 unspecified atom stereocenters. The molecule has 28 heavy (non-hydrogen) atoms. The minimum Gasteiger partial charge on any atom is -0.371 e. The molecule has 148 valence electrons. The average Bonchev–Trinajstić information content (AvgIpc) is 2.79. The van der Waals surface area contributed by atoms with Crippen LogP contribution in [0.2, 0.25) is 0 Å². The molecule has 2 aliphatic rings. The van der Waals surface area contributed by atoms with E-state index in [0.29, 0.717) is 11.9 Å². The number of piperazine rings is 1. The van der Waals surface area contributed by atoms with E-state index in [0.717, 1.165) is 64.6 Å². The van der Waals surface area contributed by atoms with Gasteiger partial charge in [0.2, 0.25) is 5.95 Å². The molecule has 0 atom stereocenters. The van der Waals surface area contributed by atoms with Gasteiger partial charge in [-0.1, -0.05) is 0 Å². The lowest BCUT2D eigenvalue weighted by atomic mass is 9.97. The molecular formula is C20H28N8. The largest absolute Gasteiger partial charge is 0.371 e. The van der Waals surface area contributed by atoms with Gasteiger partial charge in [-0.15, -0.1) is 0 Å². The Kier molecular flexibility index (Phi) is 5.84. The first kappa shape index (κ1) is 18.5. The molecule has 2 N–H and O–H groups in total. The molecule has 0 aliphatic carbocycles. The van der Waals surface area contributed by atoms with Crippen molar-refractivity contribution < 1.29 is 0 Å². The maximum absolute atomic E-state index is 6.28. The molecule has 8 heteroatoms. The number of rotatable bonds is 4. The van der Waals surface area contributed by atoms with Gasteiger partial charge in [-0.05, 0) is 37.0 Å². The van der Waals surface area contributed by atoms with E-state index in [9.17, 15) is 0 Å². The van der Waals surface area contributed by atoms with Crippen LogP contribution in [-0.4, -0.2) is 71.6 Å². The quantitative estimate of drug-likeness (QED) is 0.630. The summed E-state index contributed by atoms with van der Waals surface area (Å²) >= 11 is 0. The lowest BCUT2D eigenvalue weighted by Gasteiger charge is -2.35. The lowest BCUT2D eigenvalue weighted by molar-refractivity contribution is 0.372. The van der Waals surface area contributed by atoms with E-state index < -0.39 is 0 Å². The summed E-state index contributed by atoms with van der Waals surface area (Å²) < 4.78 is 0. The van der Waals surface area contributed by atoms with Crippen molar-refractivity contribution in [2.45, 2.75) is 12.8 Å². The minimum atomic E-state index is 0.607. The molecular weight excluding hydrogens is 352 g/mol. The monoisotopic (exact) mass is 380 g/mol. The number of guanidine groups is 1. The molecule has 0 saturated carbocycles. The van der Waals surface area contributed by atoms with Gasteiger partial charge in [0.05, 0.1) is 0 Å². The molecule has 8 nitrogen and oxygen atoms in total. The summed E-state index contributed by atoms with van der Waals surface area (Å²) in [6, 6.07) is 6.00. The predicted octanol–water partition coefficient (Wildman–Crippen LogP) is 1.22. The summed E-state index contributed by atoms with van der Waals surface area (Å²) in [4.78, 5) is 24.2. The fourth-order valence-corrected chi connectivity index (χ4v) is 3.84. The van der Waals surface area contributed by atoms with Crippen molar-refractivity contribution in [1.29, 1.82) is 0 Å². The van der Waals surface area contributed by atoms with Crippen molar-refractivity contribution in [2.24, 2.45) is 16.6 Å². The van der Waals surface area contributed by atoms with Crippen LogP contribution in [0, 0.1) is 5.92 Å². The molecule has 0 amide bonds. The van der Waals surface area contributed by atoms with Gasteiger partial charge in [0.15, 0.2) is 5.96 Å². The first-order valence-electron chi connectivity index (χ1n) is 10.0. The van der Waals surface area contributed by atoms with Crippen LogP contribution in [0.25, 0.3) is 0 Å². The van der Waals surface area contributed by atoms with Crippen molar-refractivity contribution >= 4 is 17.6 Å². The van der Waals surface area contributed by atoms with Gasteiger partial charge in [-0.2, -0.15) is 0 Å². The van der Waals surface area contributed by atoms with Crippen LogP contribution in [0.5, 0.6) is 0 Å². The Bertz CT molecular complexity index is 750. The van der Waals surface area contributed by atoms with Crippen LogP contribution < -0.4 is 15.5 Å². The fraction of sp³-hybridized carbons (Fsp3) is 0.500.